The molecule has 1 N–H and O–H groups in total. The van der Waals surface area contributed by atoms with E-state index in [4.69, 9.17) is 23.2 Å². The van der Waals surface area contributed by atoms with Gasteiger partial charge in [0, 0.05) is 10.8 Å². The van der Waals surface area contributed by atoms with Gasteiger partial charge in [0.25, 0.3) is 5.91 Å². The molecule has 1 aromatic heterocycles. The molecule has 0 radical (unpaired) electrons. The average molecular weight is 396 g/mol. The number of rotatable bonds is 5. The number of benzene rings is 2. The smallest absolute Gasteiger partial charge is 0.259 e. The van der Waals surface area contributed by atoms with Crippen LogP contribution in [0.4, 0.5) is 5.13 Å². The van der Waals surface area contributed by atoms with Crippen LogP contribution >= 0.6 is 46.3 Å². The van der Waals surface area contributed by atoms with Crippen LogP contribution in [0.15, 0.2) is 52.9 Å². The molecule has 0 unspecified atom stereocenters. The average Bonchev–Trinajstić information content (AvgIpc) is 3.01. The maximum Gasteiger partial charge on any atom is 0.259 e. The first-order valence-electron chi connectivity index (χ1n) is 6.88. The summed E-state index contributed by atoms with van der Waals surface area (Å²) in [4.78, 5) is 12.2. The summed E-state index contributed by atoms with van der Waals surface area (Å²) < 4.78 is 0.788. The quantitative estimate of drug-likeness (QED) is 0.464. The van der Waals surface area contributed by atoms with E-state index < -0.39 is 0 Å². The second kappa shape index (κ2) is 7.98. The Morgan fingerprint density at radius 2 is 1.92 bits per heavy atom. The SMILES string of the molecule is O=C(Nc1nnc(SCc2ccccc2)s1)c1ccc(Cl)cc1Cl. The predicted octanol–water partition coefficient (Wildman–Crippen LogP) is 5.39. The van der Waals surface area contributed by atoms with Gasteiger partial charge in [-0.1, -0.05) is 76.6 Å². The first kappa shape index (κ1) is 17.2. The van der Waals surface area contributed by atoms with Crippen LogP contribution in [-0.4, -0.2) is 16.1 Å². The number of anilines is 1. The summed E-state index contributed by atoms with van der Waals surface area (Å²) in [5, 5.41) is 12.0. The number of hydrogen-bond acceptors (Lipinski definition) is 5. The van der Waals surface area contributed by atoms with Gasteiger partial charge in [-0.15, -0.1) is 10.2 Å². The van der Waals surface area contributed by atoms with Gasteiger partial charge in [0.2, 0.25) is 5.13 Å². The molecule has 0 saturated carbocycles. The van der Waals surface area contributed by atoms with E-state index in [1.165, 1.54) is 23.0 Å². The summed E-state index contributed by atoms with van der Waals surface area (Å²) in [6.45, 7) is 0. The van der Waals surface area contributed by atoms with Crippen molar-refractivity contribution in [2.75, 3.05) is 5.32 Å². The molecule has 8 heteroatoms. The highest BCUT2D eigenvalue weighted by molar-refractivity contribution is 8.00. The summed E-state index contributed by atoms with van der Waals surface area (Å²) in [6.07, 6.45) is 0. The third kappa shape index (κ3) is 4.48. The zero-order valence-corrected chi connectivity index (χ0v) is 15.3. The van der Waals surface area contributed by atoms with Crippen LogP contribution in [-0.2, 0) is 5.75 Å². The van der Waals surface area contributed by atoms with Crippen LogP contribution in [0.5, 0.6) is 0 Å². The number of nitrogens with zero attached hydrogens (tertiary/aromatic N) is 2. The van der Waals surface area contributed by atoms with Crippen molar-refractivity contribution in [3.63, 3.8) is 0 Å². The molecule has 1 amide bonds. The summed E-state index contributed by atoms with van der Waals surface area (Å²) in [6, 6.07) is 14.8. The second-order valence-corrected chi connectivity index (χ2v) is 7.77. The Labute approximate surface area is 157 Å². The van der Waals surface area contributed by atoms with E-state index in [0.29, 0.717) is 20.7 Å². The lowest BCUT2D eigenvalue weighted by Gasteiger charge is -2.03. The van der Waals surface area contributed by atoms with Gasteiger partial charge in [0.1, 0.15) is 0 Å². The summed E-state index contributed by atoms with van der Waals surface area (Å²) in [7, 11) is 0. The first-order chi connectivity index (χ1) is 11.6. The third-order valence-corrected chi connectivity index (χ3v) is 5.60. The normalized spacial score (nSPS) is 10.6. The Kier molecular flexibility index (Phi) is 5.73. The third-order valence-electron chi connectivity index (χ3n) is 3.01. The summed E-state index contributed by atoms with van der Waals surface area (Å²) >= 11 is 14.8. The molecule has 4 nitrogen and oxygen atoms in total. The number of carbonyl (C=O) groups is 1. The Hall–Kier alpha value is -1.60. The lowest BCUT2D eigenvalue weighted by atomic mass is 10.2. The van der Waals surface area contributed by atoms with Gasteiger partial charge in [-0.05, 0) is 23.8 Å². The Balaban J connectivity index is 1.62. The molecule has 1 heterocycles. The minimum absolute atomic E-state index is 0.295. The molecule has 122 valence electrons. The standard InChI is InChI=1S/C16H11Cl2N3OS2/c17-11-6-7-12(13(18)8-11)14(22)19-15-20-21-16(24-15)23-9-10-4-2-1-3-5-10/h1-8H,9H2,(H,19,20,22). The number of thioether (sulfide) groups is 1. The minimum atomic E-state index is -0.340. The summed E-state index contributed by atoms with van der Waals surface area (Å²) in [5.41, 5.74) is 1.55. The van der Waals surface area contributed by atoms with Crippen LogP contribution in [0, 0.1) is 0 Å². The number of hydrogen-bond donors (Lipinski definition) is 1. The van der Waals surface area contributed by atoms with Crippen LogP contribution in [0.1, 0.15) is 15.9 Å². The van der Waals surface area contributed by atoms with E-state index in [0.717, 1.165) is 10.1 Å². The molecule has 0 aliphatic rings. The molecule has 0 aliphatic heterocycles. The van der Waals surface area contributed by atoms with Crippen LogP contribution in [0.25, 0.3) is 0 Å². The number of nitrogens with one attached hydrogen (secondary N) is 1. The van der Waals surface area contributed by atoms with Crippen molar-refractivity contribution in [1.82, 2.24) is 10.2 Å². The fourth-order valence-electron chi connectivity index (χ4n) is 1.88. The molecule has 0 bridgehead atoms. The van der Waals surface area contributed by atoms with Gasteiger partial charge in [0.15, 0.2) is 4.34 Å². The van der Waals surface area contributed by atoms with Crippen LogP contribution < -0.4 is 5.32 Å². The molecule has 24 heavy (non-hydrogen) atoms. The lowest BCUT2D eigenvalue weighted by Crippen LogP contribution is -2.12. The monoisotopic (exact) mass is 395 g/mol. The molecular weight excluding hydrogens is 385 g/mol. The van der Waals surface area contributed by atoms with Crippen molar-refractivity contribution in [2.24, 2.45) is 0 Å². The number of halogens is 2. The van der Waals surface area contributed by atoms with Crippen molar-refractivity contribution >= 4 is 57.3 Å². The van der Waals surface area contributed by atoms with Gasteiger partial charge in [-0.3, -0.25) is 10.1 Å². The zero-order valence-electron chi connectivity index (χ0n) is 12.2. The van der Waals surface area contributed by atoms with E-state index in [9.17, 15) is 4.79 Å². The van der Waals surface area contributed by atoms with E-state index in [1.54, 1.807) is 23.9 Å². The highest BCUT2D eigenvalue weighted by atomic mass is 35.5. The van der Waals surface area contributed by atoms with Gasteiger partial charge in [-0.2, -0.15) is 0 Å². The van der Waals surface area contributed by atoms with Crippen molar-refractivity contribution in [1.29, 1.82) is 0 Å². The van der Waals surface area contributed by atoms with Gasteiger partial charge in [-0.25, -0.2) is 0 Å². The molecule has 3 rings (SSSR count). The fourth-order valence-corrected chi connectivity index (χ4v) is 4.07. The topological polar surface area (TPSA) is 54.9 Å². The largest absolute Gasteiger partial charge is 0.296 e. The number of carbonyl (C=O) groups excluding carboxylic acids is 1. The van der Waals surface area contributed by atoms with Gasteiger partial charge < -0.3 is 0 Å². The van der Waals surface area contributed by atoms with E-state index in [-0.39, 0.29) is 5.91 Å². The van der Waals surface area contributed by atoms with E-state index in [1.807, 2.05) is 18.2 Å². The van der Waals surface area contributed by atoms with E-state index >= 15 is 0 Å². The summed E-state index contributed by atoms with van der Waals surface area (Å²) in [5.74, 6) is 0.458. The Bertz CT molecular complexity index is 856. The molecule has 2 aromatic carbocycles. The second-order valence-electron chi connectivity index (χ2n) is 4.73. The fraction of sp³-hybridized carbons (Fsp3) is 0.0625. The van der Waals surface area contributed by atoms with Crippen LogP contribution in [0.3, 0.4) is 0 Å². The lowest BCUT2D eigenvalue weighted by molar-refractivity contribution is 0.102. The zero-order chi connectivity index (χ0) is 16.9. The molecule has 0 spiro atoms. The number of amides is 1. The van der Waals surface area contributed by atoms with Crippen molar-refractivity contribution in [3.8, 4) is 0 Å². The molecule has 0 aliphatic carbocycles. The van der Waals surface area contributed by atoms with Gasteiger partial charge >= 0.3 is 0 Å². The van der Waals surface area contributed by atoms with Crippen LogP contribution in [0.2, 0.25) is 10.0 Å². The van der Waals surface area contributed by atoms with Crippen molar-refractivity contribution in [3.05, 3.63) is 69.7 Å². The predicted molar refractivity (Wildman–Crippen MR) is 100 cm³/mol. The highest BCUT2D eigenvalue weighted by Gasteiger charge is 2.14. The minimum Gasteiger partial charge on any atom is -0.296 e. The van der Waals surface area contributed by atoms with E-state index in [2.05, 4.69) is 27.6 Å². The Morgan fingerprint density at radius 1 is 1.12 bits per heavy atom. The van der Waals surface area contributed by atoms with Crippen molar-refractivity contribution in [2.45, 2.75) is 10.1 Å². The molecular formula is C16H11Cl2N3OS2. The molecule has 0 fully saturated rings. The maximum atomic E-state index is 12.2. The molecule has 0 saturated heterocycles. The maximum absolute atomic E-state index is 12.2. The van der Waals surface area contributed by atoms with Crippen molar-refractivity contribution < 1.29 is 4.79 Å². The number of aromatic nitrogens is 2. The molecule has 0 atom stereocenters. The first-order valence-corrected chi connectivity index (χ1v) is 9.44. The Morgan fingerprint density at radius 3 is 2.67 bits per heavy atom. The van der Waals surface area contributed by atoms with Gasteiger partial charge in [0.05, 0.1) is 10.6 Å². The molecule has 3 aromatic rings. The highest BCUT2D eigenvalue weighted by Crippen LogP contribution is 2.29.